The van der Waals surface area contributed by atoms with Crippen LogP contribution in [0.1, 0.15) is 27.1 Å². The molecule has 124 valence electrons. The fourth-order valence-electron chi connectivity index (χ4n) is 2.80. The summed E-state index contributed by atoms with van der Waals surface area (Å²) in [5.74, 6) is 0.284. The van der Waals surface area contributed by atoms with E-state index in [4.69, 9.17) is 9.47 Å². The van der Waals surface area contributed by atoms with Crippen LogP contribution in [-0.2, 0) is 9.47 Å². The van der Waals surface area contributed by atoms with Crippen molar-refractivity contribution in [3.05, 3.63) is 35.4 Å². The molecule has 1 aromatic rings. The predicted molar refractivity (Wildman–Crippen MR) is 84.4 cm³/mol. The molecule has 1 atom stereocenters. The molecule has 2 amide bonds. The number of rotatable bonds is 4. The maximum absolute atomic E-state index is 12.3. The number of ether oxygens (including phenoxy) is 2. The maximum Gasteiger partial charge on any atom is 0.254 e. The van der Waals surface area contributed by atoms with E-state index < -0.39 is 0 Å². The van der Waals surface area contributed by atoms with Crippen LogP contribution in [0.15, 0.2) is 24.3 Å². The first-order valence-electron chi connectivity index (χ1n) is 8.07. The molecule has 0 aromatic heterocycles. The molecular weight excluding hydrogens is 296 g/mol. The lowest BCUT2D eigenvalue weighted by molar-refractivity contribution is 0.0303. The highest BCUT2D eigenvalue weighted by atomic mass is 16.5. The third kappa shape index (κ3) is 4.09. The van der Waals surface area contributed by atoms with Gasteiger partial charge in [0.1, 0.15) is 0 Å². The summed E-state index contributed by atoms with van der Waals surface area (Å²) in [5, 5.41) is 2.92. The predicted octanol–water partition coefficient (Wildman–Crippen LogP) is 0.925. The summed E-state index contributed by atoms with van der Waals surface area (Å²) in [4.78, 5) is 26.2. The number of benzene rings is 1. The molecule has 1 N–H and O–H groups in total. The smallest absolute Gasteiger partial charge is 0.254 e. The highest BCUT2D eigenvalue weighted by Gasteiger charge is 2.19. The summed E-state index contributed by atoms with van der Waals surface area (Å²) in [6, 6.07) is 6.83. The van der Waals surface area contributed by atoms with Crippen molar-refractivity contribution in [1.29, 1.82) is 0 Å². The molecule has 0 spiro atoms. The van der Waals surface area contributed by atoms with E-state index in [1.54, 1.807) is 29.2 Å². The summed E-state index contributed by atoms with van der Waals surface area (Å²) in [6.45, 7) is 4.52. The molecule has 0 bridgehead atoms. The van der Waals surface area contributed by atoms with Gasteiger partial charge in [-0.05, 0) is 30.7 Å². The fourth-order valence-corrected chi connectivity index (χ4v) is 2.80. The number of morpholine rings is 1. The van der Waals surface area contributed by atoms with Crippen LogP contribution in [0, 0.1) is 5.92 Å². The molecule has 0 saturated carbocycles. The average molecular weight is 318 g/mol. The molecule has 1 aromatic carbocycles. The Kier molecular flexibility index (Phi) is 5.25. The highest BCUT2D eigenvalue weighted by molar-refractivity contribution is 5.97. The molecular formula is C17H22N2O4. The van der Waals surface area contributed by atoms with E-state index in [1.165, 1.54) is 0 Å². The number of nitrogens with zero attached hydrogens (tertiary/aromatic N) is 1. The minimum absolute atomic E-state index is 0.0108. The Morgan fingerprint density at radius 1 is 1.04 bits per heavy atom. The van der Waals surface area contributed by atoms with Gasteiger partial charge in [-0.2, -0.15) is 0 Å². The number of hydrogen-bond donors (Lipinski definition) is 1. The molecule has 2 aliphatic heterocycles. The van der Waals surface area contributed by atoms with E-state index in [-0.39, 0.29) is 11.8 Å². The van der Waals surface area contributed by atoms with Crippen LogP contribution in [0.5, 0.6) is 0 Å². The Morgan fingerprint density at radius 2 is 1.74 bits per heavy atom. The van der Waals surface area contributed by atoms with E-state index in [0.29, 0.717) is 56.5 Å². The zero-order chi connectivity index (χ0) is 16.1. The van der Waals surface area contributed by atoms with Crippen LogP contribution in [0.3, 0.4) is 0 Å². The molecule has 1 unspecified atom stereocenters. The minimum Gasteiger partial charge on any atom is -0.381 e. The van der Waals surface area contributed by atoms with E-state index in [0.717, 1.165) is 13.0 Å². The Morgan fingerprint density at radius 3 is 2.39 bits per heavy atom. The topological polar surface area (TPSA) is 67.9 Å². The second-order valence-corrected chi connectivity index (χ2v) is 5.92. The summed E-state index contributed by atoms with van der Waals surface area (Å²) in [6.07, 6.45) is 0.993. The summed E-state index contributed by atoms with van der Waals surface area (Å²) < 4.78 is 10.5. The Bertz CT molecular complexity index is 546. The van der Waals surface area contributed by atoms with Gasteiger partial charge in [0.25, 0.3) is 11.8 Å². The van der Waals surface area contributed by atoms with E-state index in [1.807, 2.05) is 0 Å². The van der Waals surface area contributed by atoms with Gasteiger partial charge in [-0.25, -0.2) is 0 Å². The van der Waals surface area contributed by atoms with Gasteiger partial charge in [0.15, 0.2) is 0 Å². The quantitative estimate of drug-likeness (QED) is 0.896. The van der Waals surface area contributed by atoms with Crippen molar-refractivity contribution in [2.75, 3.05) is 46.1 Å². The molecule has 6 nitrogen and oxygen atoms in total. The molecule has 0 aliphatic carbocycles. The van der Waals surface area contributed by atoms with Crippen LogP contribution >= 0.6 is 0 Å². The Labute approximate surface area is 135 Å². The standard InChI is InChI=1S/C17H22N2O4/c20-16(18-11-13-5-8-23-12-13)14-1-3-15(4-2-14)17(21)19-6-9-22-10-7-19/h1-4,13H,5-12H2,(H,18,20). The molecule has 2 heterocycles. The number of carbonyl (C=O) groups is 2. The van der Waals surface area contributed by atoms with E-state index >= 15 is 0 Å². The second-order valence-electron chi connectivity index (χ2n) is 5.92. The van der Waals surface area contributed by atoms with Crippen LogP contribution in [0.2, 0.25) is 0 Å². The normalized spacial score (nSPS) is 21.2. The molecule has 2 aliphatic rings. The number of carbonyl (C=O) groups excluding carboxylic acids is 2. The number of amides is 2. The van der Waals surface area contributed by atoms with Gasteiger partial charge in [0, 0.05) is 43.3 Å². The first-order valence-corrected chi connectivity index (χ1v) is 8.07. The lowest BCUT2D eigenvalue weighted by Gasteiger charge is -2.26. The van der Waals surface area contributed by atoms with Gasteiger partial charge in [0.05, 0.1) is 19.8 Å². The van der Waals surface area contributed by atoms with Crippen molar-refractivity contribution in [1.82, 2.24) is 10.2 Å². The molecule has 23 heavy (non-hydrogen) atoms. The number of nitrogens with one attached hydrogen (secondary N) is 1. The van der Waals surface area contributed by atoms with Crippen LogP contribution in [0.25, 0.3) is 0 Å². The second kappa shape index (κ2) is 7.57. The highest BCUT2D eigenvalue weighted by Crippen LogP contribution is 2.12. The van der Waals surface area contributed by atoms with Crippen molar-refractivity contribution in [3.63, 3.8) is 0 Å². The van der Waals surface area contributed by atoms with Crippen molar-refractivity contribution in [2.45, 2.75) is 6.42 Å². The third-order valence-corrected chi connectivity index (χ3v) is 4.27. The third-order valence-electron chi connectivity index (χ3n) is 4.27. The zero-order valence-corrected chi connectivity index (χ0v) is 13.1. The van der Waals surface area contributed by atoms with Crippen LogP contribution in [0.4, 0.5) is 0 Å². The first-order chi connectivity index (χ1) is 11.2. The molecule has 2 saturated heterocycles. The largest absolute Gasteiger partial charge is 0.381 e. The van der Waals surface area contributed by atoms with Crippen molar-refractivity contribution in [2.24, 2.45) is 5.92 Å². The lowest BCUT2D eigenvalue weighted by atomic mass is 10.1. The van der Waals surface area contributed by atoms with Gasteiger partial charge in [0.2, 0.25) is 0 Å². The van der Waals surface area contributed by atoms with Crippen molar-refractivity contribution < 1.29 is 19.1 Å². The molecule has 6 heteroatoms. The summed E-state index contributed by atoms with van der Waals surface area (Å²) >= 11 is 0. The maximum atomic E-state index is 12.3. The lowest BCUT2D eigenvalue weighted by Crippen LogP contribution is -2.40. The summed E-state index contributed by atoms with van der Waals surface area (Å²) in [7, 11) is 0. The monoisotopic (exact) mass is 318 g/mol. The van der Waals surface area contributed by atoms with Crippen molar-refractivity contribution in [3.8, 4) is 0 Å². The molecule has 3 rings (SSSR count). The minimum atomic E-state index is -0.109. The Balaban J connectivity index is 1.55. The van der Waals surface area contributed by atoms with E-state index in [2.05, 4.69) is 5.32 Å². The average Bonchev–Trinajstić information content (AvgIpc) is 3.13. The van der Waals surface area contributed by atoms with Crippen molar-refractivity contribution >= 4 is 11.8 Å². The summed E-state index contributed by atoms with van der Waals surface area (Å²) in [5.41, 5.74) is 1.18. The van der Waals surface area contributed by atoms with Crippen LogP contribution < -0.4 is 5.32 Å². The van der Waals surface area contributed by atoms with Crippen LogP contribution in [-0.4, -0.2) is 62.8 Å². The number of hydrogen-bond acceptors (Lipinski definition) is 4. The van der Waals surface area contributed by atoms with Gasteiger partial charge in [-0.15, -0.1) is 0 Å². The molecule has 0 radical (unpaired) electrons. The van der Waals surface area contributed by atoms with Gasteiger partial charge < -0.3 is 19.7 Å². The van der Waals surface area contributed by atoms with E-state index in [9.17, 15) is 9.59 Å². The first kappa shape index (κ1) is 16.0. The SMILES string of the molecule is O=C(NCC1CCOC1)c1ccc(C(=O)N2CCOCC2)cc1. The Hall–Kier alpha value is -1.92. The fraction of sp³-hybridized carbons (Fsp3) is 0.529. The van der Waals surface area contributed by atoms with Gasteiger partial charge in [-0.3, -0.25) is 9.59 Å². The van der Waals surface area contributed by atoms with Gasteiger partial charge in [-0.1, -0.05) is 0 Å². The van der Waals surface area contributed by atoms with Gasteiger partial charge >= 0.3 is 0 Å². The zero-order valence-electron chi connectivity index (χ0n) is 13.1. The molecule has 2 fully saturated rings.